The second-order valence-corrected chi connectivity index (χ2v) is 5.33. The number of thiocarbonyl (C=S) groups is 1. The van der Waals surface area contributed by atoms with Crippen molar-refractivity contribution in [3.8, 4) is 0 Å². The Morgan fingerprint density at radius 1 is 1.35 bits per heavy atom. The van der Waals surface area contributed by atoms with E-state index < -0.39 is 11.7 Å². The lowest BCUT2D eigenvalue weighted by Crippen LogP contribution is -2.33. The van der Waals surface area contributed by atoms with Gasteiger partial charge in [-0.25, -0.2) is 0 Å². The van der Waals surface area contributed by atoms with Gasteiger partial charge in [0.15, 0.2) is 0 Å². The minimum Gasteiger partial charge on any atom is -0.417 e. The highest BCUT2D eigenvalue weighted by atomic mass is 32.2. The zero-order chi connectivity index (χ0) is 14.7. The summed E-state index contributed by atoms with van der Waals surface area (Å²) in [6.07, 6.45) is 3.22. The molecule has 0 saturated carbocycles. The summed E-state index contributed by atoms with van der Waals surface area (Å²) >= 11 is 6.07. The van der Waals surface area contributed by atoms with Crippen LogP contribution >= 0.6 is 24.0 Å². The third kappa shape index (κ3) is 2.68. The molecule has 0 aliphatic heterocycles. The van der Waals surface area contributed by atoms with Crippen LogP contribution in [0.4, 0.5) is 0 Å². The predicted octanol–water partition coefficient (Wildman–Crippen LogP) is 1.65. The van der Waals surface area contributed by atoms with Gasteiger partial charge < -0.3 is 10.2 Å². The Bertz CT molecular complexity index is 694. The van der Waals surface area contributed by atoms with Crippen molar-refractivity contribution in [3.63, 3.8) is 0 Å². The van der Waals surface area contributed by atoms with Gasteiger partial charge in [0.2, 0.25) is 0 Å². The van der Waals surface area contributed by atoms with Crippen molar-refractivity contribution in [3.05, 3.63) is 36.0 Å². The smallest absolute Gasteiger partial charge is 0.297 e. The number of amides is 1. The molecule has 1 N–H and O–H groups in total. The fourth-order valence-electron chi connectivity index (χ4n) is 1.80. The Labute approximate surface area is 125 Å². The van der Waals surface area contributed by atoms with E-state index in [-0.39, 0.29) is 9.88 Å². The molecule has 1 aromatic carbocycles. The molecule has 2 aromatic rings. The number of thioether (sulfide) groups is 1. The van der Waals surface area contributed by atoms with Crippen LogP contribution in [0.5, 0.6) is 0 Å². The third-order valence-electron chi connectivity index (χ3n) is 2.73. The number of hydrogen-bond acceptors (Lipinski definition) is 5. The Morgan fingerprint density at radius 3 is 2.70 bits per heavy atom. The molecule has 2 rings (SSSR count). The fourth-order valence-corrected chi connectivity index (χ4v) is 2.09. The van der Waals surface area contributed by atoms with Crippen LogP contribution < -0.4 is 10.2 Å². The minimum absolute atomic E-state index is 0.263. The molecule has 0 radical (unpaired) electrons. The predicted molar refractivity (Wildman–Crippen MR) is 83.0 cm³/mol. The lowest BCUT2D eigenvalue weighted by molar-refractivity contribution is -0.115. The molecule has 0 aliphatic carbocycles. The monoisotopic (exact) mass is 308 g/mol. The van der Waals surface area contributed by atoms with E-state index in [0.29, 0.717) is 5.39 Å². The second kappa shape index (κ2) is 6.06. The van der Waals surface area contributed by atoms with Crippen molar-refractivity contribution in [1.29, 1.82) is 0 Å². The number of carbonyl (C=O) groups excluding carboxylic acids is 2. The average Bonchev–Trinajstić information content (AvgIpc) is 2.85. The minimum atomic E-state index is -0.747. The van der Waals surface area contributed by atoms with Crippen molar-refractivity contribution in [1.82, 2.24) is 10.0 Å². The molecule has 0 unspecified atom stereocenters. The lowest BCUT2D eigenvalue weighted by Gasteiger charge is -2.02. The van der Waals surface area contributed by atoms with Crippen LogP contribution in [-0.2, 0) is 4.79 Å². The first-order valence-corrected chi connectivity index (χ1v) is 7.30. The van der Waals surface area contributed by atoms with E-state index in [1.807, 2.05) is 6.07 Å². The van der Waals surface area contributed by atoms with E-state index in [1.54, 1.807) is 24.5 Å². The van der Waals surface area contributed by atoms with Crippen molar-refractivity contribution in [2.75, 3.05) is 13.4 Å². The number of nitrogens with one attached hydrogen (secondary N) is 1. The van der Waals surface area contributed by atoms with Gasteiger partial charge in [-0.2, -0.15) is 4.73 Å². The number of fused-ring (bicyclic) bond motifs is 1. The van der Waals surface area contributed by atoms with E-state index >= 15 is 0 Å². The normalized spacial score (nSPS) is 10.3. The van der Waals surface area contributed by atoms with E-state index in [2.05, 4.69) is 5.32 Å². The number of ketones is 1. The van der Waals surface area contributed by atoms with E-state index in [1.165, 1.54) is 29.8 Å². The average molecular weight is 308 g/mol. The molecule has 0 spiro atoms. The maximum Gasteiger partial charge on any atom is 0.297 e. The van der Waals surface area contributed by atoms with Gasteiger partial charge in [0.25, 0.3) is 11.7 Å². The molecule has 1 aromatic heterocycles. The Kier molecular flexibility index (Phi) is 4.41. The third-order valence-corrected chi connectivity index (χ3v) is 3.80. The van der Waals surface area contributed by atoms with Crippen LogP contribution in [0, 0.1) is 0 Å². The molecule has 1 heterocycles. The van der Waals surface area contributed by atoms with Gasteiger partial charge in [-0.15, -0.1) is 11.8 Å². The Morgan fingerprint density at radius 2 is 2.05 bits per heavy atom. The maximum atomic E-state index is 12.2. The molecule has 0 bridgehead atoms. The maximum absolute atomic E-state index is 12.2. The molecule has 0 atom stereocenters. The van der Waals surface area contributed by atoms with Crippen LogP contribution in [0.1, 0.15) is 10.4 Å². The second-order valence-electron chi connectivity index (χ2n) is 3.84. The summed E-state index contributed by atoms with van der Waals surface area (Å²) in [5.74, 6) is -1.39. The summed E-state index contributed by atoms with van der Waals surface area (Å²) in [7, 11) is 1.49. The SMILES string of the molecule is COn1cc(C(=O)C(=O)NC(=S)SC)c2ccccc21. The van der Waals surface area contributed by atoms with Crippen LogP contribution in [0.15, 0.2) is 30.5 Å². The highest BCUT2D eigenvalue weighted by Gasteiger charge is 2.22. The number of nitrogens with zero attached hydrogens (tertiary/aromatic N) is 1. The zero-order valence-electron chi connectivity index (χ0n) is 10.9. The van der Waals surface area contributed by atoms with Gasteiger partial charge in [0.05, 0.1) is 17.3 Å². The van der Waals surface area contributed by atoms with Gasteiger partial charge in [-0.1, -0.05) is 30.4 Å². The first-order valence-electron chi connectivity index (χ1n) is 5.66. The van der Waals surface area contributed by atoms with Gasteiger partial charge >= 0.3 is 0 Å². The van der Waals surface area contributed by atoms with Crippen molar-refractivity contribution < 1.29 is 14.4 Å². The van der Waals surface area contributed by atoms with Crippen molar-refractivity contribution in [2.45, 2.75) is 0 Å². The Balaban J connectivity index is 2.40. The van der Waals surface area contributed by atoms with Crippen molar-refractivity contribution in [2.24, 2.45) is 0 Å². The molecule has 5 nitrogen and oxygen atoms in total. The van der Waals surface area contributed by atoms with Gasteiger partial charge in [-0.05, 0) is 12.3 Å². The number of aromatic nitrogens is 1. The van der Waals surface area contributed by atoms with Gasteiger partial charge in [0, 0.05) is 5.39 Å². The number of hydrogen-bond donors (Lipinski definition) is 1. The molecule has 0 saturated heterocycles. The molecule has 7 heteroatoms. The summed E-state index contributed by atoms with van der Waals surface area (Å²) in [6, 6.07) is 7.19. The van der Waals surface area contributed by atoms with Crippen LogP contribution in [0.2, 0.25) is 0 Å². The number of Topliss-reactive ketones (excluding diaryl/α,β-unsaturated/α-hetero) is 1. The summed E-state index contributed by atoms with van der Waals surface area (Å²) in [6.45, 7) is 0. The molecular formula is C13H12N2O3S2. The number of para-hydroxylation sites is 1. The summed E-state index contributed by atoms with van der Waals surface area (Å²) in [5.41, 5.74) is 1.00. The molecule has 0 aliphatic rings. The summed E-state index contributed by atoms with van der Waals surface area (Å²) < 4.78 is 1.71. The van der Waals surface area contributed by atoms with E-state index in [9.17, 15) is 9.59 Å². The number of carbonyl (C=O) groups is 2. The highest BCUT2D eigenvalue weighted by molar-refractivity contribution is 8.22. The van der Waals surface area contributed by atoms with Crippen LogP contribution in [0.25, 0.3) is 10.9 Å². The van der Waals surface area contributed by atoms with E-state index in [0.717, 1.165) is 5.52 Å². The molecule has 1 amide bonds. The van der Waals surface area contributed by atoms with Gasteiger partial charge in [-0.3, -0.25) is 9.59 Å². The van der Waals surface area contributed by atoms with Crippen LogP contribution in [0.3, 0.4) is 0 Å². The first-order chi connectivity index (χ1) is 9.58. The molecule has 20 heavy (non-hydrogen) atoms. The standard InChI is InChI=1S/C13H12N2O3S2/c1-18-15-7-9(8-5-3-4-6-10(8)15)11(16)12(17)14-13(19)20-2/h3-7H,1-2H3,(H,14,17,19). The van der Waals surface area contributed by atoms with Gasteiger partial charge in [0.1, 0.15) is 11.4 Å². The quantitative estimate of drug-likeness (QED) is 0.531. The van der Waals surface area contributed by atoms with Crippen LogP contribution in [-0.4, -0.2) is 34.1 Å². The Hall–Kier alpha value is -1.86. The number of benzene rings is 1. The molecular weight excluding hydrogens is 296 g/mol. The first kappa shape index (κ1) is 14.5. The summed E-state index contributed by atoms with van der Waals surface area (Å²) in [5, 5.41) is 3.03. The highest BCUT2D eigenvalue weighted by Crippen LogP contribution is 2.20. The lowest BCUT2D eigenvalue weighted by atomic mass is 10.1. The van der Waals surface area contributed by atoms with Crippen molar-refractivity contribution >= 4 is 50.9 Å². The molecule has 0 fully saturated rings. The van der Waals surface area contributed by atoms with E-state index in [4.69, 9.17) is 17.1 Å². The zero-order valence-corrected chi connectivity index (χ0v) is 12.5. The molecule has 104 valence electrons. The largest absolute Gasteiger partial charge is 0.417 e. The fraction of sp³-hybridized carbons (Fsp3) is 0.154. The topological polar surface area (TPSA) is 60.3 Å². The summed E-state index contributed by atoms with van der Waals surface area (Å²) in [4.78, 5) is 29.2. The number of rotatable bonds is 3.